The van der Waals surface area contributed by atoms with Crippen LogP contribution in [0.5, 0.6) is 0 Å². The van der Waals surface area contributed by atoms with Crippen LogP contribution in [0.2, 0.25) is 0 Å². The quantitative estimate of drug-likeness (QED) is 0.765. The van der Waals surface area contributed by atoms with Gasteiger partial charge in [-0.1, -0.05) is 50.7 Å². The predicted molar refractivity (Wildman–Crippen MR) is 75.6 cm³/mol. The SMILES string of the molecule is N#CC(C(=O)CC1CCCCCC1)c1cccc(F)c1. The van der Waals surface area contributed by atoms with Crippen molar-refractivity contribution in [3.05, 3.63) is 35.6 Å². The second-order valence-corrected chi connectivity index (χ2v) is 5.65. The Bertz CT molecular complexity index is 498. The second kappa shape index (κ2) is 7.19. The fourth-order valence-corrected chi connectivity index (χ4v) is 2.99. The first-order valence-corrected chi connectivity index (χ1v) is 7.38. The van der Waals surface area contributed by atoms with Crippen molar-refractivity contribution in [3.63, 3.8) is 0 Å². The summed E-state index contributed by atoms with van der Waals surface area (Å²) in [7, 11) is 0. The molecule has 1 aromatic rings. The summed E-state index contributed by atoms with van der Waals surface area (Å²) in [6.07, 6.45) is 7.45. The second-order valence-electron chi connectivity index (χ2n) is 5.65. The van der Waals surface area contributed by atoms with E-state index in [-0.39, 0.29) is 5.78 Å². The zero-order valence-electron chi connectivity index (χ0n) is 11.6. The molecule has 0 bridgehead atoms. The van der Waals surface area contributed by atoms with Gasteiger partial charge in [-0.15, -0.1) is 0 Å². The van der Waals surface area contributed by atoms with Crippen LogP contribution in [0, 0.1) is 23.1 Å². The largest absolute Gasteiger partial charge is 0.298 e. The first-order valence-electron chi connectivity index (χ1n) is 7.38. The Labute approximate surface area is 119 Å². The minimum Gasteiger partial charge on any atom is -0.298 e. The molecule has 1 aliphatic rings. The van der Waals surface area contributed by atoms with Gasteiger partial charge in [0.05, 0.1) is 6.07 Å². The van der Waals surface area contributed by atoms with Gasteiger partial charge in [0.15, 0.2) is 5.78 Å². The van der Waals surface area contributed by atoms with Crippen LogP contribution < -0.4 is 0 Å². The van der Waals surface area contributed by atoms with Gasteiger partial charge in [0.1, 0.15) is 11.7 Å². The van der Waals surface area contributed by atoms with Crippen LogP contribution in [-0.2, 0) is 4.79 Å². The average molecular weight is 273 g/mol. The lowest BCUT2D eigenvalue weighted by molar-refractivity contribution is -0.120. The molecule has 1 unspecified atom stereocenters. The third kappa shape index (κ3) is 3.90. The Morgan fingerprint density at radius 1 is 1.30 bits per heavy atom. The molecular formula is C17H20FNO. The maximum absolute atomic E-state index is 13.2. The van der Waals surface area contributed by atoms with E-state index in [1.807, 2.05) is 6.07 Å². The summed E-state index contributed by atoms with van der Waals surface area (Å²) in [5.74, 6) is -0.890. The molecule has 20 heavy (non-hydrogen) atoms. The number of carbonyl (C=O) groups excluding carboxylic acids is 1. The number of carbonyl (C=O) groups is 1. The van der Waals surface area contributed by atoms with E-state index in [9.17, 15) is 14.4 Å². The molecule has 2 nitrogen and oxygen atoms in total. The molecule has 1 aromatic carbocycles. The van der Waals surface area contributed by atoms with Crippen molar-refractivity contribution in [1.29, 1.82) is 5.26 Å². The Kier molecular flexibility index (Phi) is 5.29. The summed E-state index contributed by atoms with van der Waals surface area (Å²) in [5, 5.41) is 9.23. The molecule has 0 radical (unpaired) electrons. The lowest BCUT2D eigenvalue weighted by atomic mass is 9.87. The molecule has 1 fully saturated rings. The number of rotatable bonds is 4. The van der Waals surface area contributed by atoms with Crippen molar-refractivity contribution in [2.24, 2.45) is 5.92 Å². The van der Waals surface area contributed by atoms with Crippen LogP contribution in [0.3, 0.4) is 0 Å². The third-order valence-corrected chi connectivity index (χ3v) is 4.10. The first-order chi connectivity index (χ1) is 9.70. The summed E-state index contributed by atoms with van der Waals surface area (Å²) >= 11 is 0. The van der Waals surface area contributed by atoms with Gasteiger partial charge in [0.25, 0.3) is 0 Å². The van der Waals surface area contributed by atoms with Crippen LogP contribution >= 0.6 is 0 Å². The predicted octanol–water partition coefficient (Wildman–Crippen LogP) is 4.36. The summed E-state index contributed by atoms with van der Waals surface area (Å²) in [6, 6.07) is 7.86. The minimum absolute atomic E-state index is 0.0648. The monoisotopic (exact) mass is 273 g/mol. The molecule has 1 aliphatic carbocycles. The van der Waals surface area contributed by atoms with Gasteiger partial charge in [0.2, 0.25) is 0 Å². The number of benzene rings is 1. The van der Waals surface area contributed by atoms with Gasteiger partial charge in [-0.2, -0.15) is 5.26 Å². The molecule has 0 heterocycles. The number of halogens is 1. The molecule has 0 N–H and O–H groups in total. The highest BCUT2D eigenvalue weighted by atomic mass is 19.1. The van der Waals surface area contributed by atoms with Crippen LogP contribution in [0.4, 0.5) is 4.39 Å². The average Bonchev–Trinajstić information content (AvgIpc) is 2.68. The molecule has 1 atom stereocenters. The molecule has 3 heteroatoms. The van der Waals surface area contributed by atoms with Crippen molar-refractivity contribution in [3.8, 4) is 6.07 Å². The van der Waals surface area contributed by atoms with E-state index in [2.05, 4.69) is 0 Å². The normalized spacial score (nSPS) is 18.0. The van der Waals surface area contributed by atoms with Crippen LogP contribution in [0.15, 0.2) is 24.3 Å². The van der Waals surface area contributed by atoms with E-state index in [1.165, 1.54) is 37.8 Å². The summed E-state index contributed by atoms with van der Waals surface area (Å²) < 4.78 is 13.2. The molecule has 0 spiro atoms. The van der Waals surface area contributed by atoms with E-state index in [0.717, 1.165) is 12.8 Å². The van der Waals surface area contributed by atoms with E-state index < -0.39 is 11.7 Å². The fourth-order valence-electron chi connectivity index (χ4n) is 2.99. The topological polar surface area (TPSA) is 40.9 Å². The summed E-state index contributed by atoms with van der Waals surface area (Å²) in [4.78, 5) is 12.3. The lowest BCUT2D eigenvalue weighted by Gasteiger charge is -2.15. The number of ketones is 1. The number of hydrogen-bond donors (Lipinski definition) is 0. The van der Waals surface area contributed by atoms with Crippen molar-refractivity contribution in [1.82, 2.24) is 0 Å². The van der Waals surface area contributed by atoms with Crippen LogP contribution in [0.1, 0.15) is 56.4 Å². The van der Waals surface area contributed by atoms with E-state index >= 15 is 0 Å². The number of Topliss-reactive ketones (excluding diaryl/α,β-unsaturated/α-hetero) is 1. The maximum Gasteiger partial charge on any atom is 0.154 e. The van der Waals surface area contributed by atoms with Crippen molar-refractivity contribution in [2.75, 3.05) is 0 Å². The number of nitrogens with zero attached hydrogens (tertiary/aromatic N) is 1. The van der Waals surface area contributed by atoms with E-state index in [0.29, 0.717) is 17.9 Å². The van der Waals surface area contributed by atoms with Crippen molar-refractivity contribution < 1.29 is 9.18 Å². The molecule has 2 rings (SSSR count). The fraction of sp³-hybridized carbons (Fsp3) is 0.529. The highest BCUT2D eigenvalue weighted by Gasteiger charge is 2.24. The first kappa shape index (κ1) is 14.7. The van der Waals surface area contributed by atoms with Gasteiger partial charge in [-0.05, 0) is 23.6 Å². The van der Waals surface area contributed by atoms with E-state index in [4.69, 9.17) is 0 Å². The Balaban J connectivity index is 2.04. The Morgan fingerprint density at radius 3 is 2.60 bits per heavy atom. The maximum atomic E-state index is 13.2. The van der Waals surface area contributed by atoms with Crippen LogP contribution in [-0.4, -0.2) is 5.78 Å². The molecule has 106 valence electrons. The molecule has 0 amide bonds. The number of nitriles is 1. The third-order valence-electron chi connectivity index (χ3n) is 4.10. The molecule has 0 saturated heterocycles. The summed E-state index contributed by atoms with van der Waals surface area (Å²) in [6.45, 7) is 0. The number of hydrogen-bond acceptors (Lipinski definition) is 2. The zero-order valence-corrected chi connectivity index (χ0v) is 11.6. The van der Waals surface area contributed by atoms with Gasteiger partial charge in [-0.3, -0.25) is 4.79 Å². The molecular weight excluding hydrogens is 253 g/mol. The minimum atomic E-state index is -0.825. The highest BCUT2D eigenvalue weighted by molar-refractivity contribution is 5.88. The van der Waals surface area contributed by atoms with Crippen molar-refractivity contribution >= 4 is 5.78 Å². The van der Waals surface area contributed by atoms with Gasteiger partial charge in [0, 0.05) is 6.42 Å². The summed E-state index contributed by atoms with van der Waals surface area (Å²) in [5.41, 5.74) is 0.478. The van der Waals surface area contributed by atoms with Crippen molar-refractivity contribution in [2.45, 2.75) is 50.9 Å². The molecule has 1 saturated carbocycles. The van der Waals surface area contributed by atoms with E-state index in [1.54, 1.807) is 12.1 Å². The zero-order chi connectivity index (χ0) is 14.4. The highest BCUT2D eigenvalue weighted by Crippen LogP contribution is 2.28. The smallest absolute Gasteiger partial charge is 0.154 e. The Morgan fingerprint density at radius 2 is 2.00 bits per heavy atom. The Hall–Kier alpha value is -1.69. The van der Waals surface area contributed by atoms with Gasteiger partial charge < -0.3 is 0 Å². The molecule has 0 aliphatic heterocycles. The van der Waals surface area contributed by atoms with Gasteiger partial charge >= 0.3 is 0 Å². The van der Waals surface area contributed by atoms with Crippen LogP contribution in [0.25, 0.3) is 0 Å². The lowest BCUT2D eigenvalue weighted by Crippen LogP contribution is -2.15. The van der Waals surface area contributed by atoms with Gasteiger partial charge in [-0.25, -0.2) is 4.39 Å². The molecule has 0 aromatic heterocycles. The standard InChI is InChI=1S/C17H20FNO/c18-15-9-5-8-14(11-15)16(12-19)17(20)10-13-6-3-1-2-4-7-13/h5,8-9,11,13,16H,1-4,6-7,10H2.